The highest BCUT2D eigenvalue weighted by Crippen LogP contribution is 2.47. The van der Waals surface area contributed by atoms with Gasteiger partial charge in [0, 0.05) is 30.6 Å². The van der Waals surface area contributed by atoms with Crippen LogP contribution < -0.4 is 5.56 Å². The van der Waals surface area contributed by atoms with Crippen molar-refractivity contribution < 1.29 is 14.7 Å². The number of nitrogens with zero attached hydrogens (tertiary/aromatic N) is 4. The van der Waals surface area contributed by atoms with Crippen LogP contribution in [0.2, 0.25) is 0 Å². The first kappa shape index (κ1) is 26.5. The number of fused-ring (bicyclic) bond motifs is 5. The highest BCUT2D eigenvalue weighted by Gasteiger charge is 2.45. The normalized spacial score (nSPS) is 31.3. The predicted molar refractivity (Wildman–Crippen MR) is 151 cm³/mol. The van der Waals surface area contributed by atoms with E-state index in [1.807, 2.05) is 35.8 Å². The van der Waals surface area contributed by atoms with Crippen molar-refractivity contribution in [2.45, 2.75) is 115 Å². The third-order valence-electron chi connectivity index (χ3n) is 9.84. The number of hydrogen-bond donors (Lipinski definition) is 1. The molecule has 6 rings (SSSR count). The molecule has 2 saturated heterocycles. The van der Waals surface area contributed by atoms with Crippen molar-refractivity contribution >= 4 is 22.7 Å². The Hall–Kier alpha value is -2.74. The molecule has 2 saturated carbocycles. The lowest BCUT2D eigenvalue weighted by molar-refractivity contribution is -0.136. The van der Waals surface area contributed by atoms with Gasteiger partial charge in [-0.1, -0.05) is 43.0 Å². The van der Waals surface area contributed by atoms with Crippen LogP contribution in [0.4, 0.5) is 0 Å². The number of para-hydroxylation sites is 2. The summed E-state index contributed by atoms with van der Waals surface area (Å²) in [7, 11) is 0. The van der Waals surface area contributed by atoms with Gasteiger partial charge in [0.15, 0.2) is 5.69 Å². The average Bonchev–Trinajstić information content (AvgIpc) is 2.92. The van der Waals surface area contributed by atoms with Gasteiger partial charge in [0.2, 0.25) is 0 Å². The quantitative estimate of drug-likeness (QED) is 0.353. The summed E-state index contributed by atoms with van der Waals surface area (Å²) in [6, 6.07) is 9.64. The van der Waals surface area contributed by atoms with E-state index in [1.165, 1.54) is 57.8 Å². The van der Waals surface area contributed by atoms with Crippen molar-refractivity contribution in [3.05, 3.63) is 40.3 Å². The Balaban J connectivity index is 1.35. The molecule has 0 amide bonds. The molecule has 4 aliphatic rings. The topological polar surface area (TPSA) is 97.0 Å². The van der Waals surface area contributed by atoms with Gasteiger partial charge < -0.3 is 14.5 Å². The molecule has 4 bridgehead atoms. The first-order valence-electron chi connectivity index (χ1n) is 15.2. The lowest BCUT2D eigenvalue weighted by Gasteiger charge is -2.55. The largest absolute Gasteiger partial charge is 0.481 e. The molecule has 210 valence electrons. The molecule has 8 heteroatoms. The number of piperidine rings is 2. The third kappa shape index (κ3) is 5.37. The van der Waals surface area contributed by atoms with Gasteiger partial charge in [-0.25, -0.2) is 4.98 Å². The number of carboxylic acid groups (broad SMARTS) is 1. The molecule has 0 radical (unpaired) electrons. The number of rotatable bonds is 8. The summed E-state index contributed by atoms with van der Waals surface area (Å²) in [5.74, 6) is 0.876. The predicted octanol–water partition coefficient (Wildman–Crippen LogP) is 5.53. The lowest BCUT2D eigenvalue weighted by atomic mass is 9.68. The smallest absolute Gasteiger partial charge is 0.303 e. The minimum atomic E-state index is -0.938. The maximum absolute atomic E-state index is 14.2. The van der Waals surface area contributed by atoms with Crippen LogP contribution in [0.25, 0.3) is 11.0 Å². The Morgan fingerprint density at radius 3 is 2.33 bits per heavy atom. The number of hydrogen-bond acceptors (Lipinski definition) is 6. The molecule has 1 N–H and O–H groups in total. The van der Waals surface area contributed by atoms with Crippen molar-refractivity contribution in [1.29, 1.82) is 0 Å². The second kappa shape index (κ2) is 11.4. The van der Waals surface area contributed by atoms with Crippen LogP contribution in [0.1, 0.15) is 102 Å². The van der Waals surface area contributed by atoms with E-state index < -0.39 is 5.97 Å². The van der Waals surface area contributed by atoms with E-state index in [4.69, 9.17) is 9.82 Å². The SMILES string of the molecule is CCO/N=C(/CCC(=O)O)c1nc2ccccc2n(C2CC3CCC[C@H](C2)N3C2CC3CCCC(C3)C2)c1=O. The number of carboxylic acids is 1. The molecule has 5 atom stereocenters. The molecule has 2 aliphatic heterocycles. The Kier molecular flexibility index (Phi) is 7.74. The summed E-state index contributed by atoms with van der Waals surface area (Å²) in [5, 5.41) is 13.5. The van der Waals surface area contributed by atoms with Crippen LogP contribution >= 0.6 is 0 Å². The van der Waals surface area contributed by atoms with E-state index >= 15 is 0 Å². The Morgan fingerprint density at radius 2 is 1.64 bits per heavy atom. The van der Waals surface area contributed by atoms with E-state index in [-0.39, 0.29) is 30.1 Å². The number of carbonyl (C=O) groups is 1. The van der Waals surface area contributed by atoms with E-state index in [0.717, 1.165) is 35.7 Å². The highest BCUT2D eigenvalue weighted by atomic mass is 16.6. The minimum absolute atomic E-state index is 0.0895. The first-order valence-corrected chi connectivity index (χ1v) is 15.2. The van der Waals surface area contributed by atoms with Gasteiger partial charge in [0.1, 0.15) is 12.3 Å². The van der Waals surface area contributed by atoms with E-state index in [2.05, 4.69) is 10.1 Å². The van der Waals surface area contributed by atoms with Gasteiger partial charge in [-0.2, -0.15) is 0 Å². The molecule has 2 aromatic rings. The fourth-order valence-electron chi connectivity index (χ4n) is 8.42. The lowest BCUT2D eigenvalue weighted by Crippen LogP contribution is -2.58. The van der Waals surface area contributed by atoms with Gasteiger partial charge in [-0.15, -0.1) is 0 Å². The highest BCUT2D eigenvalue weighted by molar-refractivity contribution is 6.00. The van der Waals surface area contributed by atoms with Crippen molar-refractivity contribution in [3.63, 3.8) is 0 Å². The number of oxime groups is 1. The fraction of sp³-hybridized carbons (Fsp3) is 0.677. The van der Waals surface area contributed by atoms with E-state index in [9.17, 15) is 14.7 Å². The Labute approximate surface area is 230 Å². The van der Waals surface area contributed by atoms with E-state index in [0.29, 0.717) is 30.4 Å². The number of benzene rings is 1. The van der Waals surface area contributed by atoms with Crippen molar-refractivity contribution in [2.24, 2.45) is 17.0 Å². The van der Waals surface area contributed by atoms with Crippen LogP contribution in [-0.4, -0.2) is 56.0 Å². The molecule has 4 unspecified atom stereocenters. The average molecular weight is 535 g/mol. The molecule has 1 aromatic carbocycles. The standard InChI is InChI=1S/C31H42N4O4/c1-2-39-33-27(13-14-29(36)37)30-31(38)35(28-12-4-3-11-26(28)32-30)25-18-22-9-6-10-23(19-25)34(22)24-16-20-7-5-8-21(15-20)17-24/h3-4,11-12,20-25H,2,5-10,13-19H2,1H3,(H,36,37)/b33-27-/t20?,21?,22-,23?,24?,25?/m1/s1. The zero-order valence-corrected chi connectivity index (χ0v) is 23.1. The fourth-order valence-corrected chi connectivity index (χ4v) is 8.42. The van der Waals surface area contributed by atoms with Crippen LogP contribution in [0.15, 0.2) is 34.2 Å². The van der Waals surface area contributed by atoms with Gasteiger partial charge >= 0.3 is 5.97 Å². The summed E-state index contributed by atoms with van der Waals surface area (Å²) in [4.78, 5) is 38.4. The van der Waals surface area contributed by atoms with Crippen LogP contribution in [-0.2, 0) is 9.63 Å². The molecule has 2 aliphatic carbocycles. The molecule has 4 fully saturated rings. The molecule has 1 aromatic heterocycles. The summed E-state index contributed by atoms with van der Waals surface area (Å²) < 4.78 is 1.97. The molecule has 39 heavy (non-hydrogen) atoms. The molecule has 8 nitrogen and oxygen atoms in total. The first-order chi connectivity index (χ1) is 19.0. The van der Waals surface area contributed by atoms with Gasteiger partial charge in [-0.3, -0.25) is 14.5 Å². The zero-order chi connectivity index (χ0) is 26.9. The molecule has 3 heterocycles. The maximum Gasteiger partial charge on any atom is 0.303 e. The monoisotopic (exact) mass is 534 g/mol. The van der Waals surface area contributed by atoms with Gasteiger partial charge in [-0.05, 0) is 75.8 Å². The summed E-state index contributed by atoms with van der Waals surface area (Å²) in [6.07, 6.45) is 14.0. The van der Waals surface area contributed by atoms with E-state index in [1.54, 1.807) is 0 Å². The van der Waals surface area contributed by atoms with Crippen LogP contribution in [0.3, 0.4) is 0 Å². The second-order valence-electron chi connectivity index (χ2n) is 12.3. The molecular weight excluding hydrogens is 492 g/mol. The number of aromatic nitrogens is 2. The Morgan fingerprint density at radius 1 is 0.949 bits per heavy atom. The summed E-state index contributed by atoms with van der Waals surface area (Å²) >= 11 is 0. The summed E-state index contributed by atoms with van der Waals surface area (Å²) in [5.41, 5.74) is 1.94. The third-order valence-corrected chi connectivity index (χ3v) is 9.84. The second-order valence-corrected chi connectivity index (χ2v) is 12.3. The number of aliphatic carboxylic acids is 1. The van der Waals surface area contributed by atoms with Gasteiger partial charge in [0.05, 0.1) is 17.5 Å². The molecule has 0 spiro atoms. The Bertz CT molecular complexity index is 1260. The van der Waals surface area contributed by atoms with Crippen molar-refractivity contribution in [3.8, 4) is 0 Å². The zero-order valence-electron chi connectivity index (χ0n) is 23.1. The van der Waals surface area contributed by atoms with Crippen molar-refractivity contribution in [1.82, 2.24) is 14.5 Å². The van der Waals surface area contributed by atoms with Crippen LogP contribution in [0, 0.1) is 11.8 Å². The van der Waals surface area contributed by atoms with Crippen LogP contribution in [0.5, 0.6) is 0 Å². The molecular formula is C31H42N4O4. The maximum atomic E-state index is 14.2. The summed E-state index contributed by atoms with van der Waals surface area (Å²) in [6.45, 7) is 2.15. The minimum Gasteiger partial charge on any atom is -0.481 e. The van der Waals surface area contributed by atoms with Gasteiger partial charge in [0.25, 0.3) is 5.56 Å². The van der Waals surface area contributed by atoms with Crippen molar-refractivity contribution in [2.75, 3.05) is 6.61 Å².